The van der Waals surface area contributed by atoms with Crippen molar-refractivity contribution in [3.63, 3.8) is 0 Å². The molecule has 6 heteroatoms. The van der Waals surface area contributed by atoms with E-state index in [9.17, 15) is 4.79 Å². The first-order chi connectivity index (χ1) is 11.5. The van der Waals surface area contributed by atoms with E-state index in [2.05, 4.69) is 10.5 Å². The average molecular weight is 363 g/mol. The largest absolute Gasteiger partial charge is 0.482 e. The Labute approximate surface area is 150 Å². The zero-order chi connectivity index (χ0) is 17.4. The molecule has 4 nitrogen and oxygen atoms in total. The highest BCUT2D eigenvalue weighted by Gasteiger charge is 2.05. The molecule has 1 N–H and O–H groups in total. The number of ether oxygens (including phenoxy) is 1. The lowest BCUT2D eigenvalue weighted by molar-refractivity contribution is -0.123. The number of nitrogens with zero attached hydrogens (tertiary/aromatic N) is 1. The van der Waals surface area contributed by atoms with Crippen molar-refractivity contribution in [2.75, 3.05) is 6.61 Å². The molecule has 2 aromatic carbocycles. The lowest BCUT2D eigenvalue weighted by Crippen LogP contribution is -2.25. The number of rotatable bonds is 6. The fourth-order valence-electron chi connectivity index (χ4n) is 1.74. The Kier molecular flexibility index (Phi) is 6.85. The number of hydrogen-bond acceptors (Lipinski definition) is 3. The van der Waals surface area contributed by atoms with E-state index in [1.807, 2.05) is 42.5 Å². The standard InChI is InChI=1S/C18H16Cl2N2O2/c1-13(7-8-14-5-3-2-4-6-14)21-22-18(23)12-24-17-10-9-15(19)11-16(17)20/h2-11H,12H2,1H3,(H,22,23)/b8-7+,21-13-. The Hall–Kier alpha value is -2.30. The van der Waals surface area contributed by atoms with Gasteiger partial charge in [0, 0.05) is 5.02 Å². The molecule has 0 bridgehead atoms. The van der Waals surface area contributed by atoms with Crippen LogP contribution in [0.2, 0.25) is 10.0 Å². The van der Waals surface area contributed by atoms with Gasteiger partial charge in [-0.15, -0.1) is 0 Å². The Morgan fingerprint density at radius 1 is 1.21 bits per heavy atom. The van der Waals surface area contributed by atoms with Crippen LogP contribution in [0.1, 0.15) is 12.5 Å². The lowest BCUT2D eigenvalue weighted by Gasteiger charge is -2.07. The minimum absolute atomic E-state index is 0.194. The first kappa shape index (κ1) is 18.0. The van der Waals surface area contributed by atoms with Gasteiger partial charge in [-0.05, 0) is 36.8 Å². The minimum Gasteiger partial charge on any atom is -0.482 e. The van der Waals surface area contributed by atoms with Gasteiger partial charge >= 0.3 is 0 Å². The Morgan fingerprint density at radius 3 is 2.67 bits per heavy atom. The number of benzene rings is 2. The molecule has 2 aromatic rings. The quantitative estimate of drug-likeness (QED) is 0.603. The molecule has 0 saturated carbocycles. The van der Waals surface area contributed by atoms with Gasteiger partial charge in [-0.2, -0.15) is 5.10 Å². The van der Waals surface area contributed by atoms with Crippen molar-refractivity contribution in [1.82, 2.24) is 5.43 Å². The molecular weight excluding hydrogens is 347 g/mol. The van der Waals surface area contributed by atoms with E-state index in [1.54, 1.807) is 25.1 Å². The van der Waals surface area contributed by atoms with Crippen LogP contribution in [0.5, 0.6) is 5.75 Å². The van der Waals surface area contributed by atoms with Crippen molar-refractivity contribution in [2.24, 2.45) is 5.10 Å². The van der Waals surface area contributed by atoms with Crippen LogP contribution in [0, 0.1) is 0 Å². The molecule has 0 aliphatic heterocycles. The second-order valence-electron chi connectivity index (χ2n) is 4.90. The van der Waals surface area contributed by atoms with Crippen LogP contribution in [0.3, 0.4) is 0 Å². The zero-order valence-electron chi connectivity index (χ0n) is 13.0. The van der Waals surface area contributed by atoms with E-state index in [1.165, 1.54) is 0 Å². The Bertz CT molecular complexity index is 759. The van der Waals surface area contributed by atoms with Gasteiger partial charge in [0.2, 0.25) is 0 Å². The molecule has 0 fully saturated rings. The summed E-state index contributed by atoms with van der Waals surface area (Å²) in [5, 5.41) is 4.83. The summed E-state index contributed by atoms with van der Waals surface area (Å²) in [4.78, 5) is 11.7. The highest BCUT2D eigenvalue weighted by atomic mass is 35.5. The van der Waals surface area contributed by atoms with E-state index in [-0.39, 0.29) is 12.5 Å². The number of hydrazone groups is 1. The molecule has 0 saturated heterocycles. The summed E-state index contributed by atoms with van der Waals surface area (Å²) < 4.78 is 5.33. The molecule has 24 heavy (non-hydrogen) atoms. The Morgan fingerprint density at radius 2 is 1.96 bits per heavy atom. The normalized spacial score (nSPS) is 11.5. The first-order valence-electron chi connectivity index (χ1n) is 7.19. The van der Waals surface area contributed by atoms with Crippen molar-refractivity contribution in [1.29, 1.82) is 0 Å². The van der Waals surface area contributed by atoms with Crippen LogP contribution in [-0.2, 0) is 4.79 Å². The van der Waals surface area contributed by atoms with Crippen LogP contribution in [0.25, 0.3) is 6.08 Å². The third kappa shape index (κ3) is 6.07. The molecule has 1 amide bonds. The number of nitrogens with one attached hydrogen (secondary N) is 1. The molecule has 2 rings (SSSR count). The highest BCUT2D eigenvalue weighted by molar-refractivity contribution is 6.35. The molecule has 0 atom stereocenters. The van der Waals surface area contributed by atoms with Gasteiger partial charge in [0.25, 0.3) is 5.91 Å². The van der Waals surface area contributed by atoms with Gasteiger partial charge in [-0.3, -0.25) is 4.79 Å². The molecule has 0 aliphatic carbocycles. The highest BCUT2D eigenvalue weighted by Crippen LogP contribution is 2.27. The predicted molar refractivity (Wildman–Crippen MR) is 98.7 cm³/mol. The van der Waals surface area contributed by atoms with Crippen LogP contribution in [-0.4, -0.2) is 18.2 Å². The van der Waals surface area contributed by atoms with Crippen LogP contribution in [0.4, 0.5) is 0 Å². The molecule has 124 valence electrons. The number of halogens is 2. The monoisotopic (exact) mass is 362 g/mol. The van der Waals surface area contributed by atoms with Crippen LogP contribution in [0.15, 0.2) is 59.7 Å². The summed E-state index contributed by atoms with van der Waals surface area (Å²) in [6.07, 6.45) is 3.72. The second-order valence-corrected chi connectivity index (χ2v) is 5.74. The summed E-state index contributed by atoms with van der Waals surface area (Å²) in [6.45, 7) is 1.59. The van der Waals surface area contributed by atoms with Gasteiger partial charge < -0.3 is 4.74 Å². The van der Waals surface area contributed by atoms with Crippen molar-refractivity contribution in [3.8, 4) is 5.75 Å². The SMILES string of the molecule is CC(/C=C/c1ccccc1)=N/NC(=O)COc1ccc(Cl)cc1Cl. The minimum atomic E-state index is -0.381. The smallest absolute Gasteiger partial charge is 0.277 e. The van der Waals surface area contributed by atoms with Crippen molar-refractivity contribution >= 4 is 40.9 Å². The topological polar surface area (TPSA) is 50.7 Å². The maximum atomic E-state index is 11.7. The molecule has 0 aromatic heterocycles. The summed E-state index contributed by atoms with van der Waals surface area (Å²) >= 11 is 11.8. The summed E-state index contributed by atoms with van der Waals surface area (Å²) in [5.74, 6) is 0.00868. The maximum absolute atomic E-state index is 11.7. The van der Waals surface area contributed by atoms with Crippen molar-refractivity contribution in [3.05, 3.63) is 70.2 Å². The maximum Gasteiger partial charge on any atom is 0.277 e. The van der Waals surface area contributed by atoms with Crippen LogP contribution >= 0.6 is 23.2 Å². The van der Waals surface area contributed by atoms with Crippen LogP contribution < -0.4 is 10.2 Å². The predicted octanol–water partition coefficient (Wildman–Crippen LogP) is 4.58. The number of amides is 1. The van der Waals surface area contributed by atoms with Gasteiger partial charge in [0.15, 0.2) is 6.61 Å². The molecular formula is C18H16Cl2N2O2. The van der Waals surface area contributed by atoms with Crippen molar-refractivity contribution in [2.45, 2.75) is 6.92 Å². The van der Waals surface area contributed by atoms with Gasteiger partial charge in [-0.1, -0.05) is 59.6 Å². The van der Waals surface area contributed by atoms with E-state index < -0.39 is 0 Å². The number of carbonyl (C=O) groups excluding carboxylic acids is 1. The average Bonchev–Trinajstić information content (AvgIpc) is 2.58. The van der Waals surface area contributed by atoms with Crippen molar-refractivity contribution < 1.29 is 9.53 Å². The van der Waals surface area contributed by atoms with E-state index >= 15 is 0 Å². The lowest BCUT2D eigenvalue weighted by atomic mass is 10.2. The number of hydrogen-bond donors (Lipinski definition) is 1. The van der Waals surface area contributed by atoms with Gasteiger partial charge in [-0.25, -0.2) is 5.43 Å². The molecule has 0 radical (unpaired) electrons. The first-order valence-corrected chi connectivity index (χ1v) is 7.94. The van der Waals surface area contributed by atoms with Gasteiger partial charge in [0.05, 0.1) is 10.7 Å². The molecule has 0 heterocycles. The number of carbonyl (C=O) groups is 1. The fourth-order valence-corrected chi connectivity index (χ4v) is 2.20. The summed E-state index contributed by atoms with van der Waals surface area (Å²) in [5.41, 5.74) is 4.14. The van der Waals surface area contributed by atoms with Gasteiger partial charge in [0.1, 0.15) is 5.75 Å². The van der Waals surface area contributed by atoms with E-state index in [4.69, 9.17) is 27.9 Å². The third-order valence-corrected chi connectivity index (χ3v) is 3.46. The third-order valence-electron chi connectivity index (χ3n) is 2.93. The molecule has 0 spiro atoms. The molecule has 0 aliphatic rings. The summed E-state index contributed by atoms with van der Waals surface area (Å²) in [7, 11) is 0. The molecule has 0 unspecified atom stereocenters. The number of allylic oxidation sites excluding steroid dienone is 1. The Balaban J connectivity index is 1.82. The second kappa shape index (κ2) is 9.11. The fraction of sp³-hybridized carbons (Fsp3) is 0.111. The van der Waals surface area contributed by atoms with E-state index in [0.29, 0.717) is 21.5 Å². The van der Waals surface area contributed by atoms with E-state index in [0.717, 1.165) is 5.56 Å². The zero-order valence-corrected chi connectivity index (χ0v) is 14.5. The summed E-state index contributed by atoms with van der Waals surface area (Å²) in [6, 6.07) is 14.6.